The number of carbonyl (C=O) groups is 1. The zero-order chi connectivity index (χ0) is 11.9. The highest BCUT2D eigenvalue weighted by Gasteiger charge is 2.55. The Bertz CT molecular complexity index is 412. The van der Waals surface area contributed by atoms with Gasteiger partial charge in [0, 0.05) is 25.4 Å². The second-order valence-corrected chi connectivity index (χ2v) is 4.91. The van der Waals surface area contributed by atoms with Crippen LogP contribution in [-0.2, 0) is 10.2 Å². The quantitative estimate of drug-likeness (QED) is 0.749. The molecule has 0 unspecified atom stereocenters. The van der Waals surface area contributed by atoms with Gasteiger partial charge in [0.25, 0.3) is 0 Å². The van der Waals surface area contributed by atoms with E-state index in [4.69, 9.17) is 0 Å². The summed E-state index contributed by atoms with van der Waals surface area (Å²) in [5.41, 5.74) is 0.948. The molecule has 0 spiro atoms. The number of hydrogen-bond donors (Lipinski definition) is 0. The minimum Gasteiger partial charge on any atom is -0.349 e. The maximum absolute atomic E-state index is 12.8. The molecule has 0 saturated heterocycles. The Kier molecular flexibility index (Phi) is 2.49. The normalized spacial score (nSPS) is 27.6. The summed E-state index contributed by atoms with van der Waals surface area (Å²) >= 11 is 0. The number of rotatable bonds is 2. The molecule has 1 aliphatic rings. The van der Waals surface area contributed by atoms with E-state index in [0.717, 1.165) is 12.0 Å². The summed E-state index contributed by atoms with van der Waals surface area (Å²) in [7, 11) is 3.54. The van der Waals surface area contributed by atoms with Crippen LogP contribution in [0.2, 0.25) is 0 Å². The molecule has 0 heterocycles. The molecule has 1 aromatic carbocycles. The van der Waals surface area contributed by atoms with Crippen LogP contribution >= 0.6 is 0 Å². The molecule has 16 heavy (non-hydrogen) atoms. The van der Waals surface area contributed by atoms with Crippen molar-refractivity contribution in [2.24, 2.45) is 5.92 Å². The van der Waals surface area contributed by atoms with Gasteiger partial charge in [0.2, 0.25) is 5.91 Å². The van der Waals surface area contributed by atoms with E-state index in [1.54, 1.807) is 31.1 Å². The summed E-state index contributed by atoms with van der Waals surface area (Å²) in [5.74, 6) is -0.0247. The van der Waals surface area contributed by atoms with Crippen molar-refractivity contribution in [2.75, 3.05) is 14.1 Å². The lowest BCUT2D eigenvalue weighted by atomic mass is 9.95. The Labute approximate surface area is 95.1 Å². The lowest BCUT2D eigenvalue weighted by Gasteiger charge is -2.14. The van der Waals surface area contributed by atoms with E-state index < -0.39 is 0 Å². The van der Waals surface area contributed by atoms with Crippen molar-refractivity contribution in [3.8, 4) is 0 Å². The van der Waals surface area contributed by atoms with Crippen molar-refractivity contribution >= 4 is 5.91 Å². The number of nitrogens with zero attached hydrogens (tertiary/aromatic N) is 1. The second-order valence-electron chi connectivity index (χ2n) is 4.91. The summed E-state index contributed by atoms with van der Waals surface area (Å²) in [5, 5.41) is 0. The van der Waals surface area contributed by atoms with Gasteiger partial charge in [0.1, 0.15) is 5.82 Å². The molecule has 1 fully saturated rings. The zero-order valence-corrected chi connectivity index (χ0v) is 9.83. The fourth-order valence-corrected chi connectivity index (χ4v) is 2.19. The molecule has 2 rings (SSSR count). The number of benzene rings is 1. The standard InChI is InChI=1S/C13H16FNO/c1-13(8-11(13)12(16)15(2)3)9-4-6-10(14)7-5-9/h4-7,11H,8H2,1-3H3/t11-,13-/m1/s1. The molecule has 0 bridgehead atoms. The van der Waals surface area contributed by atoms with E-state index >= 15 is 0 Å². The van der Waals surface area contributed by atoms with Crippen LogP contribution in [0.15, 0.2) is 24.3 Å². The maximum atomic E-state index is 12.8. The van der Waals surface area contributed by atoms with Gasteiger partial charge in [-0.15, -0.1) is 0 Å². The van der Waals surface area contributed by atoms with Crippen molar-refractivity contribution in [1.82, 2.24) is 4.90 Å². The molecule has 1 aromatic rings. The average Bonchev–Trinajstić information content (AvgIpc) is 2.91. The molecule has 0 N–H and O–H groups in total. The van der Waals surface area contributed by atoms with Gasteiger partial charge >= 0.3 is 0 Å². The third-order valence-corrected chi connectivity index (χ3v) is 3.48. The number of halogens is 1. The van der Waals surface area contributed by atoms with Gasteiger partial charge < -0.3 is 4.90 Å². The first kappa shape index (κ1) is 11.1. The number of amides is 1. The summed E-state index contributed by atoms with van der Waals surface area (Å²) in [6.45, 7) is 2.06. The first-order valence-corrected chi connectivity index (χ1v) is 5.42. The molecular weight excluding hydrogens is 205 g/mol. The molecule has 3 heteroatoms. The third kappa shape index (κ3) is 1.70. The molecule has 2 nitrogen and oxygen atoms in total. The third-order valence-electron chi connectivity index (χ3n) is 3.48. The van der Waals surface area contributed by atoms with Crippen LogP contribution in [0, 0.1) is 11.7 Å². The molecule has 1 saturated carbocycles. The number of hydrogen-bond acceptors (Lipinski definition) is 1. The predicted molar refractivity (Wildman–Crippen MR) is 60.6 cm³/mol. The van der Waals surface area contributed by atoms with Gasteiger partial charge in [-0.3, -0.25) is 4.79 Å². The fourth-order valence-electron chi connectivity index (χ4n) is 2.19. The Morgan fingerprint density at radius 1 is 1.38 bits per heavy atom. The zero-order valence-electron chi connectivity index (χ0n) is 9.83. The van der Waals surface area contributed by atoms with E-state index in [2.05, 4.69) is 6.92 Å². The summed E-state index contributed by atoms with van der Waals surface area (Å²) < 4.78 is 12.8. The van der Waals surface area contributed by atoms with Gasteiger partial charge in [-0.05, 0) is 24.1 Å². The minimum absolute atomic E-state index is 0.0490. The van der Waals surface area contributed by atoms with Crippen LogP contribution < -0.4 is 0 Å². The Morgan fingerprint density at radius 2 is 1.94 bits per heavy atom. The SMILES string of the molecule is CN(C)C(=O)[C@H]1C[C@]1(C)c1ccc(F)cc1. The highest BCUT2D eigenvalue weighted by atomic mass is 19.1. The highest BCUT2D eigenvalue weighted by molar-refractivity contribution is 5.83. The smallest absolute Gasteiger partial charge is 0.226 e. The van der Waals surface area contributed by atoms with E-state index in [0.29, 0.717) is 0 Å². The van der Waals surface area contributed by atoms with Gasteiger partial charge in [0.05, 0.1) is 0 Å². The van der Waals surface area contributed by atoms with Gasteiger partial charge in [-0.25, -0.2) is 4.39 Å². The fraction of sp³-hybridized carbons (Fsp3) is 0.462. The summed E-state index contributed by atoms with van der Waals surface area (Å²) in [6, 6.07) is 6.46. The average molecular weight is 221 g/mol. The van der Waals surface area contributed by atoms with Crippen LogP contribution in [0.4, 0.5) is 4.39 Å². The lowest BCUT2D eigenvalue weighted by molar-refractivity contribution is -0.130. The molecule has 0 radical (unpaired) electrons. The predicted octanol–water partition coefficient (Wildman–Crippen LogP) is 2.19. The topological polar surface area (TPSA) is 20.3 Å². The number of carbonyl (C=O) groups excluding carboxylic acids is 1. The maximum Gasteiger partial charge on any atom is 0.226 e. The van der Waals surface area contributed by atoms with E-state index in [1.807, 2.05) is 0 Å². The van der Waals surface area contributed by atoms with Crippen LogP contribution in [0.5, 0.6) is 0 Å². The van der Waals surface area contributed by atoms with Crippen molar-refractivity contribution in [3.63, 3.8) is 0 Å². The van der Waals surface area contributed by atoms with E-state index in [9.17, 15) is 9.18 Å². The molecule has 2 atom stereocenters. The Hall–Kier alpha value is -1.38. The largest absolute Gasteiger partial charge is 0.349 e. The first-order chi connectivity index (χ1) is 7.45. The lowest BCUT2D eigenvalue weighted by Crippen LogP contribution is -2.26. The summed E-state index contributed by atoms with van der Waals surface area (Å²) in [4.78, 5) is 13.4. The molecule has 0 aliphatic heterocycles. The van der Waals surface area contributed by atoms with Crippen LogP contribution in [0.25, 0.3) is 0 Å². The van der Waals surface area contributed by atoms with Crippen molar-refractivity contribution < 1.29 is 9.18 Å². The van der Waals surface area contributed by atoms with E-state index in [1.165, 1.54) is 12.1 Å². The first-order valence-electron chi connectivity index (χ1n) is 5.42. The molecule has 0 aromatic heterocycles. The van der Waals surface area contributed by atoms with Crippen molar-refractivity contribution in [1.29, 1.82) is 0 Å². The van der Waals surface area contributed by atoms with Gasteiger partial charge in [-0.2, -0.15) is 0 Å². The summed E-state index contributed by atoms with van der Waals surface area (Å²) in [6.07, 6.45) is 0.857. The molecular formula is C13H16FNO. The van der Waals surface area contributed by atoms with Crippen molar-refractivity contribution in [3.05, 3.63) is 35.6 Å². The molecule has 1 aliphatic carbocycles. The second kappa shape index (κ2) is 3.58. The minimum atomic E-state index is -0.233. The highest BCUT2D eigenvalue weighted by Crippen LogP contribution is 2.54. The van der Waals surface area contributed by atoms with Crippen LogP contribution in [-0.4, -0.2) is 24.9 Å². The Balaban J connectivity index is 2.18. The van der Waals surface area contributed by atoms with Gasteiger partial charge in [0.15, 0.2) is 0 Å². The van der Waals surface area contributed by atoms with Gasteiger partial charge in [-0.1, -0.05) is 19.1 Å². The van der Waals surface area contributed by atoms with Crippen LogP contribution in [0.1, 0.15) is 18.9 Å². The molecule has 86 valence electrons. The monoisotopic (exact) mass is 221 g/mol. The van der Waals surface area contributed by atoms with E-state index in [-0.39, 0.29) is 23.1 Å². The van der Waals surface area contributed by atoms with Crippen LogP contribution in [0.3, 0.4) is 0 Å². The Morgan fingerprint density at radius 3 is 2.44 bits per heavy atom. The molecule has 1 amide bonds. The van der Waals surface area contributed by atoms with Crippen molar-refractivity contribution in [2.45, 2.75) is 18.8 Å².